The summed E-state index contributed by atoms with van der Waals surface area (Å²) < 4.78 is 4.80. The monoisotopic (exact) mass is 726 g/mol. The highest BCUT2D eigenvalue weighted by atomic mass is 16.5. The minimum absolute atomic E-state index is 0.105. The molecule has 0 radical (unpaired) electrons. The van der Waals surface area contributed by atoms with Crippen molar-refractivity contribution in [3.8, 4) is 39.7 Å². The Bertz CT molecular complexity index is 2280. The maximum absolute atomic E-state index is 13.8. The van der Waals surface area contributed by atoms with Crippen LogP contribution in [-0.2, 0) is 9.53 Å². The van der Waals surface area contributed by atoms with Crippen LogP contribution >= 0.6 is 0 Å². The number of amides is 3. The van der Waals surface area contributed by atoms with E-state index in [1.54, 1.807) is 6.20 Å². The normalized spacial score (nSPS) is 20.7. The predicted molar refractivity (Wildman–Crippen MR) is 201 cm³/mol. The Labute approximate surface area is 312 Å². The van der Waals surface area contributed by atoms with Gasteiger partial charge in [-0.1, -0.05) is 62.4 Å². The summed E-state index contributed by atoms with van der Waals surface area (Å²) in [6, 6.07) is 21.7. The van der Waals surface area contributed by atoms with Crippen molar-refractivity contribution in [2.24, 2.45) is 17.3 Å². The predicted octanol–water partition coefficient (Wildman–Crippen LogP) is 7.29. The molecule has 2 aromatic heterocycles. The first-order valence-electron chi connectivity index (χ1n) is 18.3. The molecule has 5 aromatic rings. The van der Waals surface area contributed by atoms with E-state index < -0.39 is 24.3 Å². The molecule has 1 spiro atoms. The lowest BCUT2D eigenvalue weighted by molar-refractivity contribution is -0.135. The summed E-state index contributed by atoms with van der Waals surface area (Å²) in [5.74, 6) is 0.723. The first-order chi connectivity index (χ1) is 26.0. The number of fused-ring (bicyclic) bond motifs is 1. The number of nitriles is 1. The molecule has 4 unspecified atom stereocenters. The zero-order chi connectivity index (χ0) is 37.7. The molecule has 13 nitrogen and oxygen atoms in total. The third kappa shape index (κ3) is 6.53. The molecule has 4 N–H and O–H groups in total. The molecule has 1 saturated carbocycles. The maximum atomic E-state index is 13.8. The molecule has 3 aromatic carbocycles. The van der Waals surface area contributed by atoms with Gasteiger partial charge in [-0.15, -0.1) is 0 Å². The van der Waals surface area contributed by atoms with Gasteiger partial charge < -0.3 is 30.0 Å². The summed E-state index contributed by atoms with van der Waals surface area (Å²) in [5, 5.41) is 23.9. The van der Waals surface area contributed by atoms with Crippen molar-refractivity contribution in [3.63, 3.8) is 0 Å². The smallest absolute Gasteiger partial charge is 0.407 e. The Morgan fingerprint density at radius 1 is 0.889 bits per heavy atom. The van der Waals surface area contributed by atoms with Gasteiger partial charge in [0.1, 0.15) is 17.7 Å². The number of aromatic nitrogens is 4. The Kier molecular flexibility index (Phi) is 8.84. The van der Waals surface area contributed by atoms with Crippen molar-refractivity contribution in [1.29, 1.82) is 5.26 Å². The molecule has 2 aliphatic heterocycles. The number of likely N-dealkylation sites (tertiary alicyclic amines) is 2. The van der Waals surface area contributed by atoms with Gasteiger partial charge in [0.05, 0.1) is 55.0 Å². The number of methoxy groups -OCH3 is 1. The molecule has 3 fully saturated rings. The molecule has 13 heteroatoms. The number of imidazole rings is 2. The van der Waals surface area contributed by atoms with Crippen LogP contribution in [0.1, 0.15) is 63.3 Å². The Morgan fingerprint density at radius 3 is 2.09 bits per heavy atom. The lowest BCUT2D eigenvalue weighted by atomic mass is 9.98. The van der Waals surface area contributed by atoms with Crippen molar-refractivity contribution < 1.29 is 24.2 Å². The molecule has 8 rings (SSSR count). The van der Waals surface area contributed by atoms with E-state index in [9.17, 15) is 24.8 Å². The van der Waals surface area contributed by atoms with E-state index >= 15 is 0 Å². The average Bonchev–Trinajstić information content (AvgIpc) is 3.68. The van der Waals surface area contributed by atoms with E-state index in [4.69, 9.17) is 9.72 Å². The molecular formula is C41H42N8O5. The number of H-pyrrole nitrogens is 2. The number of nitrogens with one attached hydrogen (secondary N) is 3. The highest BCUT2D eigenvalue weighted by molar-refractivity contribution is 5.91. The molecule has 0 bridgehead atoms. The number of hydrogen-bond donors (Lipinski definition) is 4. The van der Waals surface area contributed by atoms with Crippen LogP contribution in [0.2, 0.25) is 0 Å². The van der Waals surface area contributed by atoms with Gasteiger partial charge >= 0.3 is 12.2 Å². The molecule has 3 amide bonds. The fraction of sp³-hybridized carbons (Fsp3) is 0.366. The Hall–Kier alpha value is -6.16. The summed E-state index contributed by atoms with van der Waals surface area (Å²) in [6.45, 7) is 4.67. The van der Waals surface area contributed by atoms with Crippen LogP contribution < -0.4 is 5.32 Å². The second-order valence-corrected chi connectivity index (χ2v) is 15.3. The van der Waals surface area contributed by atoms with E-state index in [-0.39, 0.29) is 35.7 Å². The van der Waals surface area contributed by atoms with Gasteiger partial charge in [0, 0.05) is 18.7 Å². The highest BCUT2D eigenvalue weighted by Gasteiger charge is 2.55. The zero-order valence-corrected chi connectivity index (χ0v) is 30.4. The first kappa shape index (κ1) is 34.9. The number of hydrogen-bond acceptors (Lipinski definition) is 7. The quantitative estimate of drug-likeness (QED) is 0.129. The van der Waals surface area contributed by atoms with E-state index in [2.05, 4.69) is 80.9 Å². The number of carboxylic acid groups (broad SMARTS) is 1. The minimum Gasteiger partial charge on any atom is -0.465 e. The number of alkyl carbamates (subject to hydrolysis) is 1. The highest BCUT2D eigenvalue weighted by Crippen LogP contribution is 2.58. The third-order valence-corrected chi connectivity index (χ3v) is 11.4. The largest absolute Gasteiger partial charge is 0.465 e. The summed E-state index contributed by atoms with van der Waals surface area (Å²) in [6.07, 6.45) is 5.30. The van der Waals surface area contributed by atoms with Gasteiger partial charge in [0.25, 0.3) is 0 Å². The summed E-state index contributed by atoms with van der Waals surface area (Å²) in [7, 11) is 1.30. The van der Waals surface area contributed by atoms with E-state index in [0.717, 1.165) is 69.5 Å². The molecule has 3 aliphatic rings. The number of aromatic amines is 2. The second-order valence-electron chi connectivity index (χ2n) is 15.3. The molecule has 4 heterocycles. The van der Waals surface area contributed by atoms with Gasteiger partial charge in [-0.2, -0.15) is 5.26 Å². The topological polar surface area (TPSA) is 180 Å². The number of benzene rings is 3. The van der Waals surface area contributed by atoms with Crippen LogP contribution in [0.3, 0.4) is 0 Å². The molecule has 2 saturated heterocycles. The SMILES string of the molecule is COC(=O)NC(C(=O)N1CC2(CC2)CC1c1ncc(-c2ccc(-c3ccc4cc(-c5cnc(C6CC(C#N)CN6C(=O)O)[nH]5)ccc4c3)cc2)[nH]1)C(C)C. The van der Waals surface area contributed by atoms with Crippen LogP contribution in [-0.4, -0.2) is 79.2 Å². The van der Waals surface area contributed by atoms with E-state index in [1.807, 2.05) is 31.0 Å². The average molecular weight is 727 g/mol. The lowest BCUT2D eigenvalue weighted by Crippen LogP contribution is -2.51. The van der Waals surface area contributed by atoms with Crippen molar-refractivity contribution in [3.05, 3.63) is 84.7 Å². The third-order valence-electron chi connectivity index (χ3n) is 11.4. The number of carbonyl (C=O) groups is 3. The second kappa shape index (κ2) is 13.7. The van der Waals surface area contributed by atoms with Crippen molar-refractivity contribution in [2.45, 2.75) is 57.7 Å². The molecule has 4 atom stereocenters. The van der Waals surface area contributed by atoms with Gasteiger partial charge in [-0.05, 0) is 76.6 Å². The summed E-state index contributed by atoms with van der Waals surface area (Å²) >= 11 is 0. The number of nitrogens with zero attached hydrogens (tertiary/aromatic N) is 5. The number of carbonyl (C=O) groups excluding carboxylic acids is 2. The van der Waals surface area contributed by atoms with Crippen molar-refractivity contribution >= 4 is 28.9 Å². The van der Waals surface area contributed by atoms with Crippen molar-refractivity contribution in [2.75, 3.05) is 20.2 Å². The maximum Gasteiger partial charge on any atom is 0.407 e. The van der Waals surface area contributed by atoms with Crippen LogP contribution in [0.5, 0.6) is 0 Å². The Balaban J connectivity index is 0.974. The standard InChI is InChI=1S/C41H42N8O5/c1-23(2)35(47-39(51)54-3)38(50)49-22-41(12-13-41)17-34(49)37-44-19-31(45-37)26-6-4-25(5-7-26)27-8-9-29-16-30(11-10-28(29)15-27)32-20-43-36(46-32)33-14-24(18-42)21-48(33)40(52)53/h4-11,15-16,19-20,23-24,33-35H,12-14,17,21-22H2,1-3H3,(H,43,46)(H,44,45)(H,47,51)(H,52,53). The number of rotatable bonds is 8. The fourth-order valence-electron chi connectivity index (χ4n) is 8.09. The van der Waals surface area contributed by atoms with Crippen LogP contribution in [0.4, 0.5) is 9.59 Å². The fourth-order valence-corrected chi connectivity index (χ4v) is 8.09. The van der Waals surface area contributed by atoms with E-state index in [0.29, 0.717) is 18.8 Å². The summed E-state index contributed by atoms with van der Waals surface area (Å²) in [4.78, 5) is 56.9. The van der Waals surface area contributed by atoms with Crippen LogP contribution in [0, 0.1) is 28.6 Å². The van der Waals surface area contributed by atoms with Gasteiger partial charge in [-0.3, -0.25) is 9.69 Å². The number of ether oxygens (including phenoxy) is 1. The first-order valence-corrected chi connectivity index (χ1v) is 18.3. The van der Waals surface area contributed by atoms with Gasteiger partial charge in [0.2, 0.25) is 5.91 Å². The summed E-state index contributed by atoms with van der Waals surface area (Å²) in [5.41, 5.74) is 5.84. The molecule has 1 aliphatic carbocycles. The van der Waals surface area contributed by atoms with Gasteiger partial charge in [0.15, 0.2) is 0 Å². The zero-order valence-electron chi connectivity index (χ0n) is 30.4. The van der Waals surface area contributed by atoms with E-state index in [1.165, 1.54) is 12.0 Å². The van der Waals surface area contributed by atoms with Crippen LogP contribution in [0.15, 0.2) is 73.1 Å². The van der Waals surface area contributed by atoms with Gasteiger partial charge in [-0.25, -0.2) is 19.6 Å². The molecule has 54 heavy (non-hydrogen) atoms. The molecule has 276 valence electrons. The van der Waals surface area contributed by atoms with Crippen LogP contribution in [0.25, 0.3) is 44.4 Å². The Morgan fingerprint density at radius 2 is 1.48 bits per heavy atom. The lowest BCUT2D eigenvalue weighted by Gasteiger charge is -2.30. The minimum atomic E-state index is -1.05. The van der Waals surface area contributed by atoms with Crippen molar-refractivity contribution in [1.82, 2.24) is 35.1 Å². The molecular weight excluding hydrogens is 685 g/mol.